The summed E-state index contributed by atoms with van der Waals surface area (Å²) < 4.78 is 0. The van der Waals surface area contributed by atoms with E-state index < -0.39 is 0 Å². The number of likely N-dealkylation sites (tertiary alicyclic amines) is 1. The summed E-state index contributed by atoms with van der Waals surface area (Å²) in [6.45, 7) is 7.13. The third kappa shape index (κ3) is 7.14. The van der Waals surface area contributed by atoms with Gasteiger partial charge in [0.15, 0.2) is 0 Å². The van der Waals surface area contributed by atoms with Gasteiger partial charge in [0.05, 0.1) is 16.1 Å². The molecule has 6 heteroatoms. The molecule has 2 rings (SSSR count). The van der Waals surface area contributed by atoms with E-state index in [-0.39, 0.29) is 17.9 Å². The second kappa shape index (κ2) is 11.8. The average molecular weight is 439 g/mol. The van der Waals surface area contributed by atoms with Gasteiger partial charge >= 0.3 is 0 Å². The number of allylic oxidation sites excluding steroid dienone is 2. The molecule has 1 aromatic carbocycles. The lowest BCUT2D eigenvalue weighted by molar-refractivity contribution is -0.125. The second-order valence-corrected chi connectivity index (χ2v) is 8.48. The van der Waals surface area contributed by atoms with Gasteiger partial charge in [0.1, 0.15) is 0 Å². The van der Waals surface area contributed by atoms with E-state index in [1.165, 1.54) is 0 Å². The van der Waals surface area contributed by atoms with E-state index in [4.69, 9.17) is 23.2 Å². The minimum Gasteiger partial charge on any atom is -0.393 e. The monoisotopic (exact) mass is 438 g/mol. The number of amides is 1. The fourth-order valence-corrected chi connectivity index (χ4v) is 4.02. The number of benzene rings is 1. The van der Waals surface area contributed by atoms with E-state index in [0.717, 1.165) is 44.5 Å². The van der Waals surface area contributed by atoms with E-state index in [9.17, 15) is 9.90 Å². The van der Waals surface area contributed by atoms with Crippen molar-refractivity contribution in [3.8, 4) is 0 Å². The Morgan fingerprint density at radius 3 is 2.55 bits per heavy atom. The zero-order valence-electron chi connectivity index (χ0n) is 17.6. The number of hydrogen-bond donors (Lipinski definition) is 1. The van der Waals surface area contributed by atoms with E-state index in [0.29, 0.717) is 22.2 Å². The van der Waals surface area contributed by atoms with Crippen LogP contribution in [0, 0.1) is 0 Å². The predicted molar refractivity (Wildman–Crippen MR) is 122 cm³/mol. The molecule has 0 aromatic heterocycles. The first-order valence-corrected chi connectivity index (χ1v) is 11.0. The molecule has 1 heterocycles. The summed E-state index contributed by atoms with van der Waals surface area (Å²) in [7, 11) is 1.84. The quantitative estimate of drug-likeness (QED) is 0.463. The Morgan fingerprint density at radius 2 is 1.97 bits per heavy atom. The number of nitrogens with zero attached hydrogens (tertiary/aromatic N) is 2. The molecular weight excluding hydrogens is 407 g/mol. The summed E-state index contributed by atoms with van der Waals surface area (Å²) >= 11 is 12.4. The Kier molecular flexibility index (Phi) is 9.70. The molecule has 4 nitrogen and oxygen atoms in total. The summed E-state index contributed by atoms with van der Waals surface area (Å²) in [5, 5.41) is 10.8. The fourth-order valence-electron chi connectivity index (χ4n) is 3.72. The number of piperidine rings is 1. The molecule has 160 valence electrons. The lowest BCUT2D eigenvalue weighted by atomic mass is 9.94. The van der Waals surface area contributed by atoms with Gasteiger partial charge in [0, 0.05) is 38.2 Å². The van der Waals surface area contributed by atoms with Crippen molar-refractivity contribution in [2.45, 2.75) is 45.1 Å². The highest BCUT2D eigenvalue weighted by Crippen LogP contribution is 2.29. The van der Waals surface area contributed by atoms with E-state index in [1.807, 2.05) is 57.3 Å². The van der Waals surface area contributed by atoms with Crippen molar-refractivity contribution >= 4 is 29.1 Å². The minimum absolute atomic E-state index is 0.0109. The first-order chi connectivity index (χ1) is 13.8. The average Bonchev–Trinajstić information content (AvgIpc) is 2.71. The molecule has 1 aliphatic rings. The van der Waals surface area contributed by atoms with Crippen LogP contribution in [0.5, 0.6) is 0 Å². The van der Waals surface area contributed by atoms with Gasteiger partial charge in [-0.3, -0.25) is 4.79 Å². The fraction of sp³-hybridized carbons (Fsp3) is 0.522. The maximum atomic E-state index is 12.8. The molecule has 1 aromatic rings. The Labute approximate surface area is 184 Å². The van der Waals surface area contributed by atoms with Crippen LogP contribution in [0.1, 0.15) is 44.6 Å². The highest BCUT2D eigenvalue weighted by atomic mass is 35.5. The van der Waals surface area contributed by atoms with Gasteiger partial charge in [-0.15, -0.1) is 0 Å². The Morgan fingerprint density at radius 1 is 1.28 bits per heavy atom. The van der Waals surface area contributed by atoms with Crippen LogP contribution in [-0.4, -0.2) is 60.1 Å². The molecule has 0 aliphatic carbocycles. The van der Waals surface area contributed by atoms with Crippen molar-refractivity contribution in [1.82, 2.24) is 9.80 Å². The van der Waals surface area contributed by atoms with Gasteiger partial charge in [0.2, 0.25) is 0 Å². The molecule has 0 radical (unpaired) electrons. The van der Waals surface area contributed by atoms with Crippen molar-refractivity contribution in [3.05, 3.63) is 57.6 Å². The molecule has 0 bridgehead atoms. The van der Waals surface area contributed by atoms with Crippen LogP contribution in [-0.2, 0) is 4.79 Å². The summed E-state index contributed by atoms with van der Waals surface area (Å²) in [6.07, 6.45) is 7.93. The van der Waals surface area contributed by atoms with Crippen molar-refractivity contribution in [2.75, 3.05) is 33.2 Å². The lowest BCUT2D eigenvalue weighted by Crippen LogP contribution is -2.38. The van der Waals surface area contributed by atoms with Crippen molar-refractivity contribution in [1.29, 1.82) is 0 Å². The molecule has 1 fully saturated rings. The zero-order chi connectivity index (χ0) is 21.4. The molecule has 0 spiro atoms. The van der Waals surface area contributed by atoms with Crippen molar-refractivity contribution in [3.63, 3.8) is 0 Å². The number of aliphatic hydroxyl groups is 1. The molecule has 29 heavy (non-hydrogen) atoms. The van der Waals surface area contributed by atoms with Crippen LogP contribution in [0.25, 0.3) is 0 Å². The number of carbonyl (C=O) groups is 1. The van der Waals surface area contributed by atoms with Gasteiger partial charge in [-0.25, -0.2) is 0 Å². The smallest absolute Gasteiger partial charge is 0.253 e. The predicted octanol–water partition coefficient (Wildman–Crippen LogP) is 4.90. The van der Waals surface area contributed by atoms with E-state index in [1.54, 1.807) is 4.90 Å². The molecule has 1 amide bonds. The number of hydrogen-bond acceptors (Lipinski definition) is 3. The number of aliphatic hydroxyl groups excluding tert-OH is 1. The molecule has 1 N–H and O–H groups in total. The largest absolute Gasteiger partial charge is 0.393 e. The molecular formula is C23H32Cl2N2O2. The summed E-state index contributed by atoms with van der Waals surface area (Å²) in [5.74, 6) is 0.158. The number of likely N-dealkylation sites (N-methyl/N-ethyl adjacent to an activating group) is 1. The number of rotatable bonds is 8. The lowest BCUT2D eigenvalue weighted by Gasteiger charge is -2.32. The highest BCUT2D eigenvalue weighted by molar-refractivity contribution is 6.42. The van der Waals surface area contributed by atoms with Crippen LogP contribution >= 0.6 is 23.2 Å². The van der Waals surface area contributed by atoms with Gasteiger partial charge in [-0.05, 0) is 57.4 Å². The van der Waals surface area contributed by atoms with Crippen LogP contribution in [0.15, 0.2) is 42.0 Å². The maximum absolute atomic E-state index is 12.8. The summed E-state index contributed by atoms with van der Waals surface area (Å²) in [6, 6.07) is 5.73. The van der Waals surface area contributed by atoms with Crippen LogP contribution < -0.4 is 0 Å². The van der Waals surface area contributed by atoms with Crippen molar-refractivity contribution < 1.29 is 9.90 Å². The van der Waals surface area contributed by atoms with Gasteiger partial charge < -0.3 is 14.9 Å². The van der Waals surface area contributed by atoms with Gasteiger partial charge in [-0.2, -0.15) is 0 Å². The molecule has 0 saturated carbocycles. The van der Waals surface area contributed by atoms with Crippen LogP contribution in [0.3, 0.4) is 0 Å². The highest BCUT2D eigenvalue weighted by Gasteiger charge is 2.22. The van der Waals surface area contributed by atoms with E-state index in [2.05, 4.69) is 4.90 Å². The topological polar surface area (TPSA) is 43.8 Å². The van der Waals surface area contributed by atoms with Gasteiger partial charge in [0.25, 0.3) is 5.91 Å². The Bertz CT molecular complexity index is 740. The summed E-state index contributed by atoms with van der Waals surface area (Å²) in [4.78, 5) is 17.0. The third-order valence-corrected chi connectivity index (χ3v) is 6.25. The minimum atomic E-state index is -0.174. The Hall–Kier alpha value is -1.33. The normalized spacial score (nSPS) is 17.7. The number of halogens is 2. The molecule has 1 atom stereocenters. The first kappa shape index (κ1) is 23.9. The van der Waals surface area contributed by atoms with E-state index >= 15 is 0 Å². The van der Waals surface area contributed by atoms with Gasteiger partial charge in [-0.1, -0.05) is 47.5 Å². The molecule has 1 aliphatic heterocycles. The third-order valence-electron chi connectivity index (χ3n) is 5.51. The molecule has 1 saturated heterocycles. The standard InChI is InChI=1S/C23H32Cl2N2O2/c1-4-6-17(5-2)23(29)26(3)16-19(18-7-8-21(24)22(25)15-18)9-12-27-13-10-20(28)11-14-27/h4-8,15,19-20,28H,9-14,16H2,1-3H3/b6-4-,17-5+. The Balaban J connectivity index is 2.13. The second-order valence-electron chi connectivity index (χ2n) is 7.66. The SMILES string of the molecule is C/C=C\C(=C/C)C(=O)N(C)CC(CCN1CCC(O)CC1)c1ccc(Cl)c(Cl)c1. The maximum Gasteiger partial charge on any atom is 0.253 e. The van der Waals surface area contributed by atoms with Crippen LogP contribution in [0.4, 0.5) is 0 Å². The number of carbonyl (C=O) groups excluding carboxylic acids is 1. The molecule has 1 unspecified atom stereocenters. The summed E-state index contributed by atoms with van der Waals surface area (Å²) in [5.41, 5.74) is 1.78. The first-order valence-electron chi connectivity index (χ1n) is 10.3. The zero-order valence-corrected chi connectivity index (χ0v) is 19.1. The van der Waals surface area contributed by atoms with Crippen LogP contribution in [0.2, 0.25) is 10.0 Å². The van der Waals surface area contributed by atoms with Crippen molar-refractivity contribution in [2.24, 2.45) is 0 Å².